The van der Waals surface area contributed by atoms with Crippen molar-refractivity contribution in [3.05, 3.63) is 73.5 Å². The molecule has 0 saturated heterocycles. The van der Waals surface area contributed by atoms with Crippen LogP contribution in [0.4, 0.5) is 0 Å². The molecule has 0 bridgehead atoms. The highest BCUT2D eigenvalue weighted by Crippen LogP contribution is 2.24. The quantitative estimate of drug-likeness (QED) is 0.644. The maximum Gasteiger partial charge on any atom is 0.338 e. The van der Waals surface area contributed by atoms with Crippen molar-refractivity contribution >= 4 is 23.5 Å². The summed E-state index contributed by atoms with van der Waals surface area (Å²) in [7, 11) is 0. The molecule has 3 rings (SSSR count). The van der Waals surface area contributed by atoms with Gasteiger partial charge in [-0.2, -0.15) is 4.57 Å². The molecular formula is C19H17N3O4S. The highest BCUT2D eigenvalue weighted by atomic mass is 32.1. The van der Waals surface area contributed by atoms with E-state index in [1.54, 1.807) is 18.2 Å². The van der Waals surface area contributed by atoms with Crippen molar-refractivity contribution in [1.82, 2.24) is 14.1 Å². The minimum absolute atomic E-state index is 0.105. The van der Waals surface area contributed by atoms with Crippen LogP contribution in [0.1, 0.15) is 33.9 Å². The summed E-state index contributed by atoms with van der Waals surface area (Å²) in [6.45, 7) is 5.19. The van der Waals surface area contributed by atoms with Gasteiger partial charge in [0.25, 0.3) is 11.5 Å². The van der Waals surface area contributed by atoms with Crippen LogP contribution in [0.25, 0.3) is 10.6 Å². The van der Waals surface area contributed by atoms with Crippen LogP contribution >= 0.6 is 11.3 Å². The number of aldehydes is 1. The van der Waals surface area contributed by atoms with Gasteiger partial charge in [-0.3, -0.25) is 14.2 Å². The van der Waals surface area contributed by atoms with Gasteiger partial charge in [-0.1, -0.05) is 18.2 Å². The minimum Gasteiger partial charge on any atom is -0.301 e. The van der Waals surface area contributed by atoms with Gasteiger partial charge in [0.05, 0.1) is 17.3 Å². The molecule has 1 unspecified atom stereocenters. The number of benzene rings is 1. The Bertz CT molecular complexity index is 1120. The second kappa shape index (κ2) is 7.24. The van der Waals surface area contributed by atoms with Crippen LogP contribution in [-0.4, -0.2) is 26.3 Å². The lowest BCUT2D eigenvalue weighted by Crippen LogP contribution is -2.45. The van der Waals surface area contributed by atoms with E-state index in [1.165, 1.54) is 36.6 Å². The maximum atomic E-state index is 13.0. The molecule has 3 aromatic rings. The predicted octanol–water partition coefficient (Wildman–Crippen LogP) is 2.20. The summed E-state index contributed by atoms with van der Waals surface area (Å²) in [5.74, 6) is -0.746. The van der Waals surface area contributed by atoms with Crippen molar-refractivity contribution in [3.63, 3.8) is 0 Å². The summed E-state index contributed by atoms with van der Waals surface area (Å²) < 4.78 is 1.65. The molecule has 0 radical (unpaired) electrons. The van der Waals surface area contributed by atoms with E-state index in [-0.39, 0.29) is 11.1 Å². The van der Waals surface area contributed by atoms with E-state index in [4.69, 9.17) is 0 Å². The Labute approximate surface area is 158 Å². The molecule has 8 heteroatoms. The number of nitrogens with zero attached hydrogens (tertiary/aromatic N) is 3. The number of carbonyl (C=O) groups excluding carboxylic acids is 2. The van der Waals surface area contributed by atoms with E-state index in [1.807, 2.05) is 13.8 Å². The highest BCUT2D eigenvalue weighted by molar-refractivity contribution is 7.15. The summed E-state index contributed by atoms with van der Waals surface area (Å²) >= 11 is 1.29. The smallest absolute Gasteiger partial charge is 0.301 e. The number of carbonyl (C=O) groups is 2. The average Bonchev–Trinajstić information content (AvgIpc) is 3.00. The molecule has 2 aromatic heterocycles. The normalized spacial score (nSPS) is 12.0. The van der Waals surface area contributed by atoms with Crippen molar-refractivity contribution in [2.75, 3.05) is 0 Å². The fourth-order valence-electron chi connectivity index (χ4n) is 2.55. The van der Waals surface area contributed by atoms with Gasteiger partial charge in [0.2, 0.25) is 0 Å². The Balaban J connectivity index is 2.34. The van der Waals surface area contributed by atoms with Gasteiger partial charge in [-0.25, -0.2) is 9.78 Å². The third-order valence-corrected chi connectivity index (χ3v) is 5.34. The van der Waals surface area contributed by atoms with Crippen molar-refractivity contribution in [3.8, 4) is 10.6 Å². The molecule has 0 aliphatic heterocycles. The lowest BCUT2D eigenvalue weighted by atomic mass is 10.2. The number of rotatable bonds is 4. The van der Waals surface area contributed by atoms with E-state index >= 15 is 0 Å². The van der Waals surface area contributed by atoms with Crippen LogP contribution in [0.5, 0.6) is 0 Å². The van der Waals surface area contributed by atoms with Crippen LogP contribution in [0.15, 0.2) is 46.1 Å². The summed E-state index contributed by atoms with van der Waals surface area (Å²) in [5.41, 5.74) is -0.546. The zero-order valence-electron chi connectivity index (χ0n) is 15.0. The third kappa shape index (κ3) is 3.31. The summed E-state index contributed by atoms with van der Waals surface area (Å²) in [5, 5.41) is 0.400. The number of hydrogen-bond acceptors (Lipinski definition) is 6. The van der Waals surface area contributed by atoms with E-state index < -0.39 is 23.2 Å². The summed E-state index contributed by atoms with van der Waals surface area (Å²) in [4.78, 5) is 55.2. The first-order valence-electron chi connectivity index (χ1n) is 8.22. The fourth-order valence-corrected chi connectivity index (χ4v) is 3.47. The standard InChI is InChI=1S/C19H17N3O4S/c1-11(10-23)21-9-15(16-20-12(2)13(3)27-16)18(25)22(19(21)26)17(24)14-7-5-4-6-8-14/h4-11H,1-3H3. The van der Waals surface area contributed by atoms with Crippen LogP contribution in [0, 0.1) is 13.8 Å². The van der Waals surface area contributed by atoms with Gasteiger partial charge < -0.3 is 4.79 Å². The largest absolute Gasteiger partial charge is 0.338 e. The molecule has 0 N–H and O–H groups in total. The van der Waals surface area contributed by atoms with E-state index in [9.17, 15) is 19.2 Å². The molecule has 0 saturated carbocycles. The zero-order valence-corrected chi connectivity index (χ0v) is 15.8. The molecule has 0 aliphatic carbocycles. The fraction of sp³-hybridized carbons (Fsp3) is 0.211. The first-order chi connectivity index (χ1) is 12.8. The first-order valence-corrected chi connectivity index (χ1v) is 9.04. The van der Waals surface area contributed by atoms with Crippen LogP contribution < -0.4 is 11.2 Å². The van der Waals surface area contributed by atoms with Crippen molar-refractivity contribution in [1.29, 1.82) is 0 Å². The number of aromatic nitrogens is 3. The molecule has 27 heavy (non-hydrogen) atoms. The molecule has 1 atom stereocenters. The van der Waals surface area contributed by atoms with Gasteiger partial charge in [0.15, 0.2) is 0 Å². The zero-order chi connectivity index (χ0) is 19.7. The van der Waals surface area contributed by atoms with Gasteiger partial charge in [-0.05, 0) is 32.9 Å². The molecule has 0 spiro atoms. The Kier molecular flexibility index (Phi) is 5.00. The average molecular weight is 383 g/mol. The van der Waals surface area contributed by atoms with Gasteiger partial charge in [0.1, 0.15) is 11.3 Å². The van der Waals surface area contributed by atoms with Gasteiger partial charge >= 0.3 is 5.69 Å². The van der Waals surface area contributed by atoms with Gasteiger partial charge in [0, 0.05) is 16.6 Å². The Morgan fingerprint density at radius 1 is 1.19 bits per heavy atom. The number of hydrogen-bond donors (Lipinski definition) is 0. The highest BCUT2D eigenvalue weighted by Gasteiger charge is 2.23. The molecule has 0 fully saturated rings. The predicted molar refractivity (Wildman–Crippen MR) is 102 cm³/mol. The Morgan fingerprint density at radius 2 is 1.85 bits per heavy atom. The Hall–Kier alpha value is -3.13. The van der Waals surface area contributed by atoms with Crippen LogP contribution in [0.3, 0.4) is 0 Å². The van der Waals surface area contributed by atoms with Crippen LogP contribution in [-0.2, 0) is 4.79 Å². The van der Waals surface area contributed by atoms with Crippen molar-refractivity contribution < 1.29 is 9.59 Å². The maximum absolute atomic E-state index is 13.0. The number of aryl methyl sites for hydroxylation is 2. The third-order valence-electron chi connectivity index (χ3n) is 4.23. The molecule has 138 valence electrons. The van der Waals surface area contributed by atoms with Crippen LogP contribution in [0.2, 0.25) is 0 Å². The SMILES string of the molecule is Cc1nc(-c2cn(C(C)C=O)c(=O)n(C(=O)c3ccccc3)c2=O)sc1C. The summed E-state index contributed by atoms with van der Waals surface area (Å²) in [6.07, 6.45) is 1.88. The monoisotopic (exact) mass is 383 g/mol. The molecule has 0 amide bonds. The minimum atomic E-state index is -0.859. The molecule has 7 nitrogen and oxygen atoms in total. The molecule has 2 heterocycles. The molecule has 0 aliphatic rings. The van der Waals surface area contributed by atoms with E-state index in [2.05, 4.69) is 4.98 Å². The lowest BCUT2D eigenvalue weighted by molar-refractivity contribution is -0.110. The topological polar surface area (TPSA) is 91.0 Å². The molecule has 1 aromatic carbocycles. The number of thiazole rings is 1. The summed E-state index contributed by atoms with van der Waals surface area (Å²) in [6, 6.07) is 7.21. The first kappa shape index (κ1) is 18.7. The second-order valence-corrected chi connectivity index (χ2v) is 7.28. The molecular weight excluding hydrogens is 366 g/mol. The Morgan fingerprint density at radius 3 is 2.41 bits per heavy atom. The van der Waals surface area contributed by atoms with Gasteiger partial charge in [-0.15, -0.1) is 11.3 Å². The lowest BCUT2D eigenvalue weighted by Gasteiger charge is -2.13. The van der Waals surface area contributed by atoms with Crippen molar-refractivity contribution in [2.45, 2.75) is 26.8 Å². The second-order valence-electron chi connectivity index (χ2n) is 6.08. The van der Waals surface area contributed by atoms with Crippen molar-refractivity contribution in [2.24, 2.45) is 0 Å². The van der Waals surface area contributed by atoms with E-state index in [0.29, 0.717) is 15.9 Å². The van der Waals surface area contributed by atoms with E-state index in [0.717, 1.165) is 15.1 Å².